The summed E-state index contributed by atoms with van der Waals surface area (Å²) in [5.41, 5.74) is 2.34. The summed E-state index contributed by atoms with van der Waals surface area (Å²) in [5, 5.41) is 10.4. The summed E-state index contributed by atoms with van der Waals surface area (Å²) in [6.07, 6.45) is 4.02. The Hall–Kier alpha value is -1.32. The maximum absolute atomic E-state index is 9.63. The van der Waals surface area contributed by atoms with Crippen molar-refractivity contribution in [3.8, 4) is 0 Å². The van der Waals surface area contributed by atoms with Crippen molar-refractivity contribution in [1.82, 2.24) is 9.55 Å². The van der Waals surface area contributed by atoms with Crippen molar-refractivity contribution < 1.29 is 5.11 Å². The van der Waals surface area contributed by atoms with Crippen molar-refractivity contribution in [2.45, 2.75) is 31.9 Å². The first-order valence-electron chi connectivity index (χ1n) is 6.18. The van der Waals surface area contributed by atoms with Crippen LogP contribution in [0.15, 0.2) is 30.5 Å². The van der Waals surface area contributed by atoms with Crippen molar-refractivity contribution in [2.24, 2.45) is 0 Å². The predicted molar refractivity (Wildman–Crippen MR) is 70.8 cm³/mol. The van der Waals surface area contributed by atoms with Crippen LogP contribution in [0, 0.1) is 0 Å². The summed E-state index contributed by atoms with van der Waals surface area (Å²) in [4.78, 5) is 4.47. The molecule has 18 heavy (non-hydrogen) atoms. The van der Waals surface area contributed by atoms with E-state index in [4.69, 9.17) is 11.6 Å². The van der Waals surface area contributed by atoms with E-state index < -0.39 is 0 Å². The molecule has 1 aliphatic heterocycles. The van der Waals surface area contributed by atoms with Gasteiger partial charge in [-0.3, -0.25) is 0 Å². The molecule has 4 heteroatoms. The molecular formula is C14H15ClN2O. The molecule has 2 heterocycles. The van der Waals surface area contributed by atoms with Gasteiger partial charge in [-0.2, -0.15) is 0 Å². The van der Waals surface area contributed by atoms with Crippen molar-refractivity contribution in [3.63, 3.8) is 0 Å². The number of aromatic nitrogens is 2. The molecule has 0 fully saturated rings. The van der Waals surface area contributed by atoms with Crippen molar-refractivity contribution in [2.75, 3.05) is 0 Å². The number of nitrogens with zero attached hydrogens (tertiary/aromatic N) is 2. The highest BCUT2D eigenvalue weighted by molar-refractivity contribution is 6.30. The fourth-order valence-electron chi connectivity index (χ4n) is 2.44. The van der Waals surface area contributed by atoms with Crippen LogP contribution in [-0.2, 0) is 19.4 Å². The quantitative estimate of drug-likeness (QED) is 0.903. The molecule has 3 rings (SSSR count). The third-order valence-electron chi connectivity index (χ3n) is 3.43. The largest absolute Gasteiger partial charge is 0.393 e. The SMILES string of the molecule is OC1CCn2c(cnc2Cc2ccc(Cl)cc2)C1. The molecule has 94 valence electrons. The van der Waals surface area contributed by atoms with Gasteiger partial charge in [-0.05, 0) is 24.1 Å². The number of benzene rings is 1. The number of imidazole rings is 1. The van der Waals surface area contributed by atoms with Gasteiger partial charge in [0.05, 0.1) is 6.10 Å². The molecule has 0 radical (unpaired) electrons. The van der Waals surface area contributed by atoms with Gasteiger partial charge in [0.25, 0.3) is 0 Å². The van der Waals surface area contributed by atoms with E-state index in [1.165, 1.54) is 5.56 Å². The third-order valence-corrected chi connectivity index (χ3v) is 3.68. The molecule has 0 spiro atoms. The monoisotopic (exact) mass is 262 g/mol. The molecular weight excluding hydrogens is 248 g/mol. The summed E-state index contributed by atoms with van der Waals surface area (Å²) in [5.74, 6) is 1.07. The normalized spacial score (nSPS) is 18.7. The average molecular weight is 263 g/mol. The van der Waals surface area contributed by atoms with Gasteiger partial charge in [0.15, 0.2) is 0 Å². The van der Waals surface area contributed by atoms with E-state index >= 15 is 0 Å². The summed E-state index contributed by atoms with van der Waals surface area (Å²) in [6, 6.07) is 7.87. The van der Waals surface area contributed by atoms with Crippen LogP contribution in [0.25, 0.3) is 0 Å². The molecule has 1 aromatic heterocycles. The molecule has 0 amide bonds. The maximum Gasteiger partial charge on any atom is 0.113 e. The Morgan fingerprint density at radius 2 is 2.11 bits per heavy atom. The predicted octanol–water partition coefficient (Wildman–Crippen LogP) is 2.43. The van der Waals surface area contributed by atoms with Gasteiger partial charge < -0.3 is 9.67 Å². The highest BCUT2D eigenvalue weighted by atomic mass is 35.5. The number of rotatable bonds is 2. The smallest absolute Gasteiger partial charge is 0.113 e. The Kier molecular flexibility index (Phi) is 3.10. The first-order valence-corrected chi connectivity index (χ1v) is 6.56. The third kappa shape index (κ3) is 2.28. The van der Waals surface area contributed by atoms with E-state index in [1.807, 2.05) is 30.5 Å². The highest BCUT2D eigenvalue weighted by Crippen LogP contribution is 2.19. The lowest BCUT2D eigenvalue weighted by molar-refractivity contribution is 0.143. The van der Waals surface area contributed by atoms with Gasteiger partial charge in [-0.15, -0.1) is 0 Å². The lowest BCUT2D eigenvalue weighted by Gasteiger charge is -2.21. The van der Waals surface area contributed by atoms with Crippen LogP contribution >= 0.6 is 11.6 Å². The fourth-order valence-corrected chi connectivity index (χ4v) is 2.56. The zero-order chi connectivity index (χ0) is 12.5. The number of halogens is 1. The Balaban J connectivity index is 1.83. The Morgan fingerprint density at radius 1 is 1.33 bits per heavy atom. The molecule has 1 N–H and O–H groups in total. The molecule has 0 saturated carbocycles. The Labute approximate surface area is 111 Å². The molecule has 0 bridgehead atoms. The molecule has 3 nitrogen and oxygen atoms in total. The summed E-state index contributed by atoms with van der Waals surface area (Å²) >= 11 is 5.88. The standard InChI is InChI=1S/C14H15ClN2O/c15-11-3-1-10(2-4-11)7-14-16-9-12-8-13(18)5-6-17(12)14/h1-4,9,13,18H,5-8H2. The number of aliphatic hydroxyl groups is 1. The van der Waals surface area contributed by atoms with Gasteiger partial charge >= 0.3 is 0 Å². The Morgan fingerprint density at radius 3 is 2.89 bits per heavy atom. The van der Waals surface area contributed by atoms with E-state index in [0.29, 0.717) is 6.42 Å². The van der Waals surface area contributed by atoms with Crippen molar-refractivity contribution in [3.05, 3.63) is 52.6 Å². The van der Waals surface area contributed by atoms with Crippen LogP contribution in [-0.4, -0.2) is 20.8 Å². The molecule has 1 aliphatic rings. The van der Waals surface area contributed by atoms with Gasteiger partial charge in [0.1, 0.15) is 5.82 Å². The second-order valence-electron chi connectivity index (χ2n) is 4.77. The van der Waals surface area contributed by atoms with Crippen LogP contribution in [0.3, 0.4) is 0 Å². The van der Waals surface area contributed by atoms with E-state index in [-0.39, 0.29) is 6.10 Å². The van der Waals surface area contributed by atoms with E-state index in [2.05, 4.69) is 9.55 Å². The average Bonchev–Trinajstić information content (AvgIpc) is 2.74. The van der Waals surface area contributed by atoms with Gasteiger partial charge in [-0.25, -0.2) is 4.98 Å². The zero-order valence-electron chi connectivity index (χ0n) is 10.0. The van der Waals surface area contributed by atoms with E-state index in [1.54, 1.807) is 0 Å². The number of hydrogen-bond donors (Lipinski definition) is 1. The minimum absolute atomic E-state index is 0.211. The van der Waals surface area contributed by atoms with Crippen LogP contribution in [0.2, 0.25) is 5.02 Å². The first-order chi connectivity index (χ1) is 8.72. The minimum atomic E-state index is -0.211. The minimum Gasteiger partial charge on any atom is -0.393 e. The maximum atomic E-state index is 9.63. The highest BCUT2D eigenvalue weighted by Gasteiger charge is 2.19. The Bertz CT molecular complexity index is 547. The van der Waals surface area contributed by atoms with Crippen LogP contribution < -0.4 is 0 Å². The fraction of sp³-hybridized carbons (Fsp3) is 0.357. The van der Waals surface area contributed by atoms with Gasteiger partial charge in [0, 0.05) is 36.3 Å². The lowest BCUT2D eigenvalue weighted by Crippen LogP contribution is -2.23. The molecule has 1 unspecified atom stereocenters. The second kappa shape index (κ2) is 4.75. The van der Waals surface area contributed by atoms with Gasteiger partial charge in [0.2, 0.25) is 0 Å². The molecule has 0 saturated heterocycles. The molecule has 1 atom stereocenters. The molecule has 2 aromatic rings. The van der Waals surface area contributed by atoms with Crippen molar-refractivity contribution in [1.29, 1.82) is 0 Å². The van der Waals surface area contributed by atoms with Crippen LogP contribution in [0.5, 0.6) is 0 Å². The van der Waals surface area contributed by atoms with Crippen LogP contribution in [0.1, 0.15) is 23.5 Å². The number of hydrogen-bond acceptors (Lipinski definition) is 2. The van der Waals surface area contributed by atoms with E-state index in [9.17, 15) is 5.11 Å². The summed E-state index contributed by atoms with van der Waals surface area (Å²) in [7, 11) is 0. The van der Waals surface area contributed by atoms with Crippen molar-refractivity contribution >= 4 is 11.6 Å². The van der Waals surface area contributed by atoms with Gasteiger partial charge in [-0.1, -0.05) is 23.7 Å². The topological polar surface area (TPSA) is 38.0 Å². The lowest BCUT2D eigenvalue weighted by atomic mass is 10.1. The summed E-state index contributed by atoms with van der Waals surface area (Å²) in [6.45, 7) is 0.861. The molecule has 1 aromatic carbocycles. The first kappa shape index (κ1) is 11.8. The zero-order valence-corrected chi connectivity index (χ0v) is 10.8. The molecule has 0 aliphatic carbocycles. The number of aliphatic hydroxyl groups excluding tert-OH is 1. The second-order valence-corrected chi connectivity index (χ2v) is 5.20. The van der Waals surface area contributed by atoms with E-state index in [0.717, 1.165) is 35.9 Å². The summed E-state index contributed by atoms with van der Waals surface area (Å²) < 4.78 is 2.22. The van der Waals surface area contributed by atoms with Crippen LogP contribution in [0.4, 0.5) is 0 Å². The number of fused-ring (bicyclic) bond motifs is 1.